The van der Waals surface area contributed by atoms with E-state index in [9.17, 15) is 4.79 Å². The third kappa shape index (κ3) is 6.47. The van der Waals surface area contributed by atoms with Crippen molar-refractivity contribution >= 4 is 11.6 Å². The lowest BCUT2D eigenvalue weighted by Crippen LogP contribution is -2.17. The molecular formula is C29H27NO3. The van der Waals surface area contributed by atoms with Crippen LogP contribution in [0, 0.1) is 0 Å². The lowest BCUT2D eigenvalue weighted by atomic mass is 9.89. The van der Waals surface area contributed by atoms with E-state index >= 15 is 0 Å². The second-order valence-electron chi connectivity index (χ2n) is 7.85. The van der Waals surface area contributed by atoms with Crippen LogP contribution < -0.4 is 14.8 Å². The van der Waals surface area contributed by atoms with Gasteiger partial charge in [-0.05, 0) is 72.0 Å². The van der Waals surface area contributed by atoms with E-state index in [4.69, 9.17) is 9.47 Å². The molecule has 1 N–H and O–H groups in total. The summed E-state index contributed by atoms with van der Waals surface area (Å²) in [5.41, 5.74) is 3.05. The fraction of sp³-hybridized carbons (Fsp3) is 0.138. The molecule has 0 radical (unpaired) electrons. The van der Waals surface area contributed by atoms with E-state index in [1.165, 1.54) is 5.56 Å². The SMILES string of the molecule is COc1ccc(NC(=O)CC(Cc2ccccc2)c2ccc(Oc3ccccc3)cc2)cc1. The van der Waals surface area contributed by atoms with Gasteiger partial charge in [-0.15, -0.1) is 0 Å². The lowest BCUT2D eigenvalue weighted by Gasteiger charge is -2.18. The highest BCUT2D eigenvalue weighted by Gasteiger charge is 2.17. The minimum Gasteiger partial charge on any atom is -0.497 e. The van der Waals surface area contributed by atoms with Crippen molar-refractivity contribution < 1.29 is 14.3 Å². The van der Waals surface area contributed by atoms with Crippen molar-refractivity contribution in [2.45, 2.75) is 18.8 Å². The first-order valence-corrected chi connectivity index (χ1v) is 11.0. The third-order valence-corrected chi connectivity index (χ3v) is 5.46. The van der Waals surface area contributed by atoms with Crippen LogP contribution >= 0.6 is 0 Å². The van der Waals surface area contributed by atoms with Crippen LogP contribution in [-0.4, -0.2) is 13.0 Å². The number of nitrogens with one attached hydrogen (secondary N) is 1. The van der Waals surface area contributed by atoms with Crippen LogP contribution in [0.3, 0.4) is 0 Å². The Kier molecular flexibility index (Phi) is 7.39. The van der Waals surface area contributed by atoms with Gasteiger partial charge in [-0.3, -0.25) is 4.79 Å². The fourth-order valence-electron chi connectivity index (χ4n) is 3.75. The number of rotatable bonds is 9. The molecule has 0 spiro atoms. The summed E-state index contributed by atoms with van der Waals surface area (Å²) < 4.78 is 11.1. The topological polar surface area (TPSA) is 47.6 Å². The van der Waals surface area contributed by atoms with Gasteiger partial charge in [-0.2, -0.15) is 0 Å². The number of benzene rings is 4. The molecule has 4 heteroatoms. The van der Waals surface area contributed by atoms with Gasteiger partial charge in [0.25, 0.3) is 0 Å². The molecule has 1 amide bonds. The Morgan fingerprint density at radius 2 is 1.30 bits per heavy atom. The minimum atomic E-state index is -0.0225. The lowest BCUT2D eigenvalue weighted by molar-refractivity contribution is -0.116. The van der Waals surface area contributed by atoms with E-state index in [-0.39, 0.29) is 11.8 Å². The number of methoxy groups -OCH3 is 1. The zero-order valence-corrected chi connectivity index (χ0v) is 18.6. The molecule has 4 aromatic rings. The van der Waals surface area contributed by atoms with Crippen molar-refractivity contribution in [1.82, 2.24) is 0 Å². The predicted octanol–water partition coefficient (Wildman–Crippen LogP) is 6.84. The first-order chi connectivity index (χ1) is 16.2. The molecule has 33 heavy (non-hydrogen) atoms. The Bertz CT molecular complexity index is 1140. The van der Waals surface area contributed by atoms with Crippen LogP contribution in [0.25, 0.3) is 0 Å². The second kappa shape index (κ2) is 11.0. The zero-order chi connectivity index (χ0) is 22.9. The van der Waals surface area contributed by atoms with Crippen LogP contribution in [0.2, 0.25) is 0 Å². The van der Waals surface area contributed by atoms with Crippen LogP contribution in [0.15, 0.2) is 109 Å². The number of ether oxygens (including phenoxy) is 2. The average molecular weight is 438 g/mol. The first kappa shape index (κ1) is 22.2. The highest BCUT2D eigenvalue weighted by atomic mass is 16.5. The van der Waals surface area contributed by atoms with Crippen LogP contribution in [0.1, 0.15) is 23.5 Å². The van der Waals surface area contributed by atoms with Gasteiger partial charge in [-0.25, -0.2) is 0 Å². The maximum Gasteiger partial charge on any atom is 0.224 e. The van der Waals surface area contributed by atoms with Gasteiger partial charge in [-0.1, -0.05) is 60.7 Å². The van der Waals surface area contributed by atoms with Crippen LogP contribution in [0.5, 0.6) is 17.2 Å². The van der Waals surface area contributed by atoms with Gasteiger partial charge in [0.05, 0.1) is 7.11 Å². The molecule has 0 heterocycles. The molecule has 4 rings (SSSR count). The molecule has 0 aliphatic carbocycles. The maximum atomic E-state index is 12.9. The van der Waals surface area contributed by atoms with E-state index in [0.29, 0.717) is 6.42 Å². The van der Waals surface area contributed by atoms with Gasteiger partial charge >= 0.3 is 0 Å². The highest BCUT2D eigenvalue weighted by Crippen LogP contribution is 2.29. The summed E-state index contributed by atoms with van der Waals surface area (Å²) >= 11 is 0. The molecule has 0 aliphatic rings. The second-order valence-corrected chi connectivity index (χ2v) is 7.85. The molecule has 1 atom stereocenters. The van der Waals surface area contributed by atoms with E-state index in [1.54, 1.807) is 7.11 Å². The standard InChI is InChI=1S/C29H27NO3/c1-32-26-18-14-25(15-19-26)30-29(31)21-24(20-22-8-4-2-5-9-22)23-12-16-28(17-13-23)33-27-10-6-3-7-11-27/h2-19,24H,20-21H2,1H3,(H,30,31). The van der Waals surface area contributed by atoms with E-state index in [1.807, 2.05) is 97.1 Å². The molecule has 0 fully saturated rings. The summed E-state index contributed by atoms with van der Waals surface area (Å²) in [6, 6.07) is 35.3. The highest BCUT2D eigenvalue weighted by molar-refractivity contribution is 5.91. The third-order valence-electron chi connectivity index (χ3n) is 5.46. The molecular weight excluding hydrogens is 410 g/mol. The van der Waals surface area contributed by atoms with E-state index < -0.39 is 0 Å². The monoisotopic (exact) mass is 437 g/mol. The predicted molar refractivity (Wildman–Crippen MR) is 132 cm³/mol. The van der Waals surface area contributed by atoms with Crippen molar-refractivity contribution in [3.05, 3.63) is 120 Å². The Labute approximate surface area is 194 Å². The van der Waals surface area contributed by atoms with E-state index in [0.717, 1.165) is 34.9 Å². The summed E-state index contributed by atoms with van der Waals surface area (Å²) in [6.45, 7) is 0. The van der Waals surface area contributed by atoms with Crippen molar-refractivity contribution in [2.75, 3.05) is 12.4 Å². The molecule has 166 valence electrons. The molecule has 1 unspecified atom stereocenters. The Hall–Kier alpha value is -4.05. The number of hydrogen-bond donors (Lipinski definition) is 1. The zero-order valence-electron chi connectivity index (χ0n) is 18.6. The van der Waals surface area contributed by atoms with Crippen molar-refractivity contribution in [2.24, 2.45) is 0 Å². The van der Waals surface area contributed by atoms with Gasteiger partial charge < -0.3 is 14.8 Å². The maximum absolute atomic E-state index is 12.9. The summed E-state index contributed by atoms with van der Waals surface area (Å²) in [4.78, 5) is 12.9. The smallest absolute Gasteiger partial charge is 0.224 e. The summed E-state index contributed by atoms with van der Waals surface area (Å²) in [5, 5.41) is 3.00. The van der Waals surface area contributed by atoms with Crippen LogP contribution in [0.4, 0.5) is 5.69 Å². The average Bonchev–Trinajstić information content (AvgIpc) is 2.86. The number of hydrogen-bond acceptors (Lipinski definition) is 3. The Morgan fingerprint density at radius 1 is 0.727 bits per heavy atom. The van der Waals surface area contributed by atoms with Crippen molar-refractivity contribution in [3.8, 4) is 17.2 Å². The molecule has 0 saturated heterocycles. The first-order valence-electron chi connectivity index (χ1n) is 11.0. The van der Waals surface area contributed by atoms with Gasteiger partial charge in [0, 0.05) is 12.1 Å². The van der Waals surface area contributed by atoms with Crippen molar-refractivity contribution in [1.29, 1.82) is 0 Å². The van der Waals surface area contributed by atoms with E-state index in [2.05, 4.69) is 17.4 Å². The molecule has 4 nitrogen and oxygen atoms in total. The number of carbonyl (C=O) groups excluding carboxylic acids is 1. The van der Waals surface area contributed by atoms with Crippen molar-refractivity contribution in [3.63, 3.8) is 0 Å². The summed E-state index contributed by atoms with van der Waals surface area (Å²) in [7, 11) is 1.62. The normalized spacial score (nSPS) is 11.4. The Balaban J connectivity index is 1.48. The Morgan fingerprint density at radius 3 is 1.94 bits per heavy atom. The molecule has 0 aromatic heterocycles. The molecule has 0 aliphatic heterocycles. The van der Waals surface area contributed by atoms with Gasteiger partial charge in [0.1, 0.15) is 17.2 Å². The fourth-order valence-corrected chi connectivity index (χ4v) is 3.75. The van der Waals surface area contributed by atoms with Crippen LogP contribution in [-0.2, 0) is 11.2 Å². The summed E-state index contributed by atoms with van der Waals surface area (Å²) in [6.07, 6.45) is 1.15. The number of amides is 1. The molecule has 0 saturated carbocycles. The summed E-state index contributed by atoms with van der Waals surface area (Å²) in [5.74, 6) is 2.34. The molecule has 4 aromatic carbocycles. The largest absolute Gasteiger partial charge is 0.497 e. The molecule has 0 bridgehead atoms. The van der Waals surface area contributed by atoms with Gasteiger partial charge in [0.2, 0.25) is 5.91 Å². The number of anilines is 1. The quantitative estimate of drug-likeness (QED) is 0.312. The van der Waals surface area contributed by atoms with Gasteiger partial charge in [0.15, 0.2) is 0 Å². The number of para-hydroxylation sites is 1. The minimum absolute atomic E-state index is 0.0225. The number of carbonyl (C=O) groups is 1.